The highest BCUT2D eigenvalue weighted by molar-refractivity contribution is 6.19. The van der Waals surface area contributed by atoms with Crippen LogP contribution >= 0.6 is 11.6 Å². The third-order valence-corrected chi connectivity index (χ3v) is 1.07. The molecule has 1 heterocycles. The molecule has 1 aromatic rings. The van der Waals surface area contributed by atoms with Crippen LogP contribution < -0.4 is 0 Å². The average Bonchev–Trinajstić information content (AvgIpc) is 1.85. The van der Waals surface area contributed by atoms with Crippen molar-refractivity contribution >= 4 is 11.6 Å². The minimum atomic E-state index is -2.08. The van der Waals surface area contributed by atoms with Crippen molar-refractivity contribution in [1.29, 1.82) is 0 Å². The van der Waals surface area contributed by atoms with Crippen LogP contribution in [0.5, 0.6) is 0 Å². The maximum absolute atomic E-state index is 12.2. The Bertz CT molecular complexity index is 246. The van der Waals surface area contributed by atoms with Crippen LogP contribution in [0.2, 0.25) is 0 Å². The molecule has 1 atom stereocenters. The highest BCUT2D eigenvalue weighted by atomic mass is 35.5. The number of aromatic nitrogens is 2. The Morgan fingerprint density at radius 2 is 1.73 bits per heavy atom. The molecule has 0 saturated carbocycles. The lowest BCUT2D eigenvalue weighted by Gasteiger charge is -1.97. The van der Waals surface area contributed by atoms with E-state index in [0.717, 1.165) is 0 Å². The summed E-state index contributed by atoms with van der Waals surface area (Å²) >= 11 is 4.82. The summed E-state index contributed by atoms with van der Waals surface area (Å²) in [4.78, 5) is 5.82. The molecule has 11 heavy (non-hydrogen) atoms. The van der Waals surface area contributed by atoms with Gasteiger partial charge in [0.05, 0.1) is 0 Å². The van der Waals surface area contributed by atoms with Crippen molar-refractivity contribution in [3.8, 4) is 0 Å². The summed E-state index contributed by atoms with van der Waals surface area (Å²) in [5.41, 5.74) is -2.08. The molecule has 0 N–H and O–H groups in total. The van der Waals surface area contributed by atoms with Gasteiger partial charge < -0.3 is 0 Å². The van der Waals surface area contributed by atoms with Crippen molar-refractivity contribution in [3.05, 3.63) is 23.8 Å². The van der Waals surface area contributed by atoms with Gasteiger partial charge in [0, 0.05) is 6.07 Å². The summed E-state index contributed by atoms with van der Waals surface area (Å²) in [6, 6.07) is 0.433. The van der Waals surface area contributed by atoms with Crippen molar-refractivity contribution in [3.63, 3.8) is 0 Å². The Morgan fingerprint density at radius 1 is 1.27 bits per heavy atom. The predicted molar refractivity (Wildman–Crippen MR) is 31.6 cm³/mol. The summed E-state index contributed by atoms with van der Waals surface area (Å²) in [6.07, 6.45) is 0. The number of hydrogen-bond donors (Lipinski definition) is 0. The van der Waals surface area contributed by atoms with Gasteiger partial charge in [-0.15, -0.1) is 0 Å². The average molecular weight is 183 g/mol. The van der Waals surface area contributed by atoms with Crippen LogP contribution in [0.4, 0.5) is 13.2 Å². The molecule has 0 aliphatic rings. The van der Waals surface area contributed by atoms with Crippen LogP contribution in [0, 0.1) is 11.9 Å². The normalized spacial score (nSPS) is 13.1. The van der Waals surface area contributed by atoms with E-state index >= 15 is 0 Å². The lowest BCUT2D eigenvalue weighted by atomic mass is 10.5. The van der Waals surface area contributed by atoms with E-state index in [-0.39, 0.29) is 0 Å². The van der Waals surface area contributed by atoms with Gasteiger partial charge >= 0.3 is 0 Å². The van der Waals surface area contributed by atoms with Crippen LogP contribution in [0.3, 0.4) is 0 Å². The molecule has 0 spiro atoms. The van der Waals surface area contributed by atoms with Gasteiger partial charge in [-0.3, -0.25) is 0 Å². The molecule has 0 fully saturated rings. The highest BCUT2D eigenvalue weighted by Gasteiger charge is 2.11. The third kappa shape index (κ3) is 2.04. The molecular weight excluding hydrogens is 181 g/mol. The summed E-state index contributed by atoms with van der Waals surface area (Å²) in [5, 5.41) is 0. The number of nitrogens with zero attached hydrogens (tertiary/aromatic N) is 2. The monoisotopic (exact) mass is 182 g/mol. The van der Waals surface area contributed by atoms with E-state index in [1.54, 1.807) is 0 Å². The van der Waals surface area contributed by atoms with E-state index in [4.69, 9.17) is 11.6 Å². The second-order valence-corrected chi connectivity index (χ2v) is 2.06. The zero-order valence-electron chi connectivity index (χ0n) is 5.06. The van der Waals surface area contributed by atoms with E-state index < -0.39 is 23.4 Å². The fourth-order valence-corrected chi connectivity index (χ4v) is 0.602. The Balaban J connectivity index is 3.08. The largest absolute Gasteiger partial charge is 0.232 e. The molecule has 1 rings (SSSR count). The number of halogens is 4. The standard InChI is InChI=1S/C5H2ClF3N2/c6-4(9)5-10-2(7)1-3(8)11-5/h1,4H. The number of hydrogen-bond acceptors (Lipinski definition) is 2. The molecule has 0 aliphatic heterocycles. The van der Waals surface area contributed by atoms with Crippen molar-refractivity contribution in [2.45, 2.75) is 5.63 Å². The Morgan fingerprint density at radius 3 is 2.09 bits per heavy atom. The molecule has 0 aliphatic carbocycles. The van der Waals surface area contributed by atoms with Gasteiger partial charge in [0.1, 0.15) is 0 Å². The second-order valence-electron chi connectivity index (χ2n) is 1.67. The predicted octanol–water partition coefficient (Wildman–Crippen LogP) is 1.96. The summed E-state index contributed by atoms with van der Waals surface area (Å²) in [5.74, 6) is -2.99. The Labute approximate surface area is 65.0 Å². The molecule has 1 unspecified atom stereocenters. The Kier molecular flexibility index (Phi) is 2.28. The van der Waals surface area contributed by atoms with Gasteiger partial charge in [-0.05, 0) is 0 Å². The summed E-state index contributed by atoms with van der Waals surface area (Å²) < 4.78 is 36.4. The van der Waals surface area contributed by atoms with Gasteiger partial charge in [0.15, 0.2) is 5.82 Å². The maximum atomic E-state index is 12.2. The van der Waals surface area contributed by atoms with Crippen molar-refractivity contribution in [2.24, 2.45) is 0 Å². The van der Waals surface area contributed by atoms with Crippen LogP contribution in [0.1, 0.15) is 11.5 Å². The minimum absolute atomic E-state index is 0.433. The van der Waals surface area contributed by atoms with E-state index in [1.807, 2.05) is 0 Å². The molecule has 2 nitrogen and oxygen atoms in total. The fourth-order valence-electron chi connectivity index (χ4n) is 0.504. The molecular formula is C5H2ClF3N2. The van der Waals surface area contributed by atoms with E-state index in [0.29, 0.717) is 6.07 Å². The fraction of sp³-hybridized carbons (Fsp3) is 0.200. The third-order valence-electron chi connectivity index (χ3n) is 0.876. The van der Waals surface area contributed by atoms with E-state index in [2.05, 4.69) is 9.97 Å². The number of alkyl halides is 2. The van der Waals surface area contributed by atoms with Crippen LogP contribution in [-0.2, 0) is 0 Å². The lowest BCUT2D eigenvalue weighted by molar-refractivity contribution is 0.416. The number of rotatable bonds is 1. The molecule has 60 valence electrons. The molecule has 1 aromatic heterocycles. The van der Waals surface area contributed by atoms with Gasteiger partial charge in [0.25, 0.3) is 0 Å². The van der Waals surface area contributed by atoms with Crippen molar-refractivity contribution in [2.75, 3.05) is 0 Å². The first-order valence-electron chi connectivity index (χ1n) is 2.57. The smallest absolute Gasteiger partial charge is 0.221 e. The van der Waals surface area contributed by atoms with E-state index in [9.17, 15) is 13.2 Å². The Hall–Kier alpha value is -0.840. The van der Waals surface area contributed by atoms with Gasteiger partial charge in [0.2, 0.25) is 17.5 Å². The first-order valence-corrected chi connectivity index (χ1v) is 3.01. The van der Waals surface area contributed by atoms with Crippen LogP contribution in [0.25, 0.3) is 0 Å². The second kappa shape index (κ2) is 3.04. The highest BCUT2D eigenvalue weighted by Crippen LogP contribution is 2.17. The van der Waals surface area contributed by atoms with E-state index in [1.165, 1.54) is 0 Å². The molecule has 0 amide bonds. The van der Waals surface area contributed by atoms with Gasteiger partial charge in [-0.25, -0.2) is 4.39 Å². The molecule has 0 radical (unpaired) electrons. The zero-order chi connectivity index (χ0) is 8.43. The quantitative estimate of drug-likeness (QED) is 0.490. The molecule has 0 saturated heterocycles. The summed E-state index contributed by atoms with van der Waals surface area (Å²) in [7, 11) is 0. The lowest BCUT2D eigenvalue weighted by Crippen LogP contribution is -1.99. The zero-order valence-corrected chi connectivity index (χ0v) is 5.82. The van der Waals surface area contributed by atoms with Crippen LogP contribution in [0.15, 0.2) is 6.07 Å². The van der Waals surface area contributed by atoms with Crippen LogP contribution in [-0.4, -0.2) is 9.97 Å². The van der Waals surface area contributed by atoms with Crippen molar-refractivity contribution in [1.82, 2.24) is 9.97 Å². The molecule has 0 aromatic carbocycles. The first kappa shape index (κ1) is 8.26. The maximum Gasteiger partial charge on any atom is 0.232 e. The van der Waals surface area contributed by atoms with Crippen molar-refractivity contribution < 1.29 is 13.2 Å². The summed E-state index contributed by atoms with van der Waals surface area (Å²) in [6.45, 7) is 0. The SMILES string of the molecule is Fc1cc(F)nc(C(F)Cl)n1. The molecule has 0 bridgehead atoms. The molecule has 6 heteroatoms. The first-order chi connectivity index (χ1) is 5.09. The topological polar surface area (TPSA) is 25.8 Å². The minimum Gasteiger partial charge on any atom is -0.221 e. The van der Waals surface area contributed by atoms with Gasteiger partial charge in [-0.1, -0.05) is 11.6 Å². The van der Waals surface area contributed by atoms with Gasteiger partial charge in [-0.2, -0.15) is 18.7 Å².